The molecule has 2 aromatic rings. The molecular formula is C14H14N4O7S2. The molecule has 2 N–H and O–H groups in total. The largest absolute Gasteiger partial charge is 0.465 e. The molecule has 0 aliphatic heterocycles. The summed E-state index contributed by atoms with van der Waals surface area (Å²) >= 11 is 0.630. The van der Waals surface area contributed by atoms with Gasteiger partial charge >= 0.3 is 11.9 Å². The molecule has 1 heterocycles. The molecule has 0 atom stereocenters. The molecule has 144 valence electrons. The average Bonchev–Trinajstić information content (AvgIpc) is 3.08. The van der Waals surface area contributed by atoms with Gasteiger partial charge in [0.05, 0.1) is 31.0 Å². The predicted molar refractivity (Wildman–Crippen MR) is 94.1 cm³/mol. The summed E-state index contributed by atoms with van der Waals surface area (Å²) in [6, 6.07) is 3.58. The molecule has 1 amide bonds. The van der Waals surface area contributed by atoms with Crippen molar-refractivity contribution >= 4 is 50.0 Å². The van der Waals surface area contributed by atoms with Gasteiger partial charge in [0, 0.05) is 6.92 Å². The number of anilines is 2. The minimum Gasteiger partial charge on any atom is -0.465 e. The van der Waals surface area contributed by atoms with Crippen LogP contribution in [-0.2, 0) is 24.3 Å². The molecule has 1 aromatic heterocycles. The van der Waals surface area contributed by atoms with Gasteiger partial charge in [0.25, 0.3) is 14.4 Å². The van der Waals surface area contributed by atoms with E-state index >= 15 is 0 Å². The zero-order chi connectivity index (χ0) is 20.2. The van der Waals surface area contributed by atoms with Crippen LogP contribution < -0.4 is 10.0 Å². The van der Waals surface area contributed by atoms with Gasteiger partial charge in [0.1, 0.15) is 0 Å². The first-order valence-electron chi connectivity index (χ1n) is 7.12. The van der Waals surface area contributed by atoms with E-state index in [-0.39, 0.29) is 21.9 Å². The summed E-state index contributed by atoms with van der Waals surface area (Å²) in [4.78, 5) is 34.5. The number of rotatable bonds is 6. The number of amides is 1. The molecule has 0 bridgehead atoms. The number of nitrogens with one attached hydrogen (secondary N) is 2. The van der Waals surface area contributed by atoms with Crippen LogP contribution in [-0.4, -0.2) is 50.7 Å². The van der Waals surface area contributed by atoms with Crippen LogP contribution in [0.3, 0.4) is 0 Å². The first-order chi connectivity index (χ1) is 12.7. The first kappa shape index (κ1) is 20.3. The molecule has 0 spiro atoms. The van der Waals surface area contributed by atoms with Crippen molar-refractivity contribution in [1.82, 2.24) is 10.2 Å². The Kier molecular flexibility index (Phi) is 6.07. The fourth-order valence-corrected chi connectivity index (χ4v) is 3.86. The highest BCUT2D eigenvalue weighted by molar-refractivity contribution is 7.94. The highest BCUT2D eigenvalue weighted by atomic mass is 32.2. The van der Waals surface area contributed by atoms with E-state index in [4.69, 9.17) is 0 Å². The normalized spacial score (nSPS) is 10.8. The predicted octanol–water partition coefficient (Wildman–Crippen LogP) is 0.870. The van der Waals surface area contributed by atoms with E-state index in [9.17, 15) is 22.8 Å². The number of aromatic nitrogens is 2. The number of sulfonamides is 1. The van der Waals surface area contributed by atoms with Crippen molar-refractivity contribution in [3.05, 3.63) is 29.3 Å². The maximum Gasteiger partial charge on any atom is 0.337 e. The molecule has 0 fully saturated rings. The Morgan fingerprint density at radius 3 is 2.04 bits per heavy atom. The van der Waals surface area contributed by atoms with Gasteiger partial charge in [-0.25, -0.2) is 9.59 Å². The van der Waals surface area contributed by atoms with E-state index in [0.29, 0.717) is 11.3 Å². The van der Waals surface area contributed by atoms with Gasteiger partial charge in [0.2, 0.25) is 11.0 Å². The Morgan fingerprint density at radius 2 is 1.56 bits per heavy atom. The van der Waals surface area contributed by atoms with Crippen LogP contribution in [0.2, 0.25) is 0 Å². The maximum absolute atomic E-state index is 12.5. The molecule has 0 aliphatic rings. The molecule has 0 unspecified atom stereocenters. The summed E-state index contributed by atoms with van der Waals surface area (Å²) in [6.07, 6.45) is 0. The molecule has 1 aromatic carbocycles. The fraction of sp³-hybridized carbons (Fsp3) is 0.214. The third kappa shape index (κ3) is 4.98. The Balaban J connectivity index is 2.39. The van der Waals surface area contributed by atoms with Gasteiger partial charge in [-0.1, -0.05) is 11.3 Å². The number of hydrogen-bond acceptors (Lipinski definition) is 10. The molecule has 27 heavy (non-hydrogen) atoms. The summed E-state index contributed by atoms with van der Waals surface area (Å²) in [5.74, 6) is -1.98. The van der Waals surface area contributed by atoms with Gasteiger partial charge < -0.3 is 14.8 Å². The molecule has 0 radical (unpaired) electrons. The highest BCUT2D eigenvalue weighted by Gasteiger charge is 2.22. The average molecular weight is 414 g/mol. The zero-order valence-electron chi connectivity index (χ0n) is 14.3. The summed E-state index contributed by atoms with van der Waals surface area (Å²) in [7, 11) is -1.91. The van der Waals surface area contributed by atoms with Crippen LogP contribution in [0.1, 0.15) is 27.6 Å². The summed E-state index contributed by atoms with van der Waals surface area (Å²) < 4.78 is 35.8. The number of methoxy groups -OCH3 is 2. The number of ether oxygens (including phenoxy) is 2. The smallest absolute Gasteiger partial charge is 0.337 e. The maximum atomic E-state index is 12.5. The van der Waals surface area contributed by atoms with Crippen LogP contribution in [0.4, 0.5) is 10.8 Å². The lowest BCUT2D eigenvalue weighted by Gasteiger charge is -2.09. The monoisotopic (exact) mass is 414 g/mol. The topological polar surface area (TPSA) is 154 Å². The van der Waals surface area contributed by atoms with Crippen LogP contribution in [0.25, 0.3) is 0 Å². The van der Waals surface area contributed by atoms with Crippen LogP contribution in [0, 0.1) is 0 Å². The summed E-state index contributed by atoms with van der Waals surface area (Å²) in [6.45, 7) is 1.24. The molecule has 11 nitrogen and oxygen atoms in total. The van der Waals surface area contributed by atoms with Gasteiger partial charge in [0.15, 0.2) is 0 Å². The number of benzene rings is 1. The zero-order valence-corrected chi connectivity index (χ0v) is 15.9. The van der Waals surface area contributed by atoms with Crippen molar-refractivity contribution in [3.8, 4) is 0 Å². The number of carbonyl (C=O) groups is 3. The lowest BCUT2D eigenvalue weighted by atomic mass is 10.1. The molecule has 0 saturated carbocycles. The van der Waals surface area contributed by atoms with Gasteiger partial charge in [-0.05, 0) is 18.2 Å². The van der Waals surface area contributed by atoms with E-state index in [1.165, 1.54) is 25.1 Å². The minimum atomic E-state index is -4.19. The number of carbonyl (C=O) groups excluding carboxylic acids is 3. The van der Waals surface area contributed by atoms with Crippen molar-refractivity contribution < 1.29 is 32.3 Å². The minimum absolute atomic E-state index is 0.00133. The van der Waals surface area contributed by atoms with E-state index < -0.39 is 32.2 Å². The van der Waals surface area contributed by atoms with Crippen LogP contribution in [0.15, 0.2) is 22.5 Å². The Bertz CT molecular complexity index is 966. The van der Waals surface area contributed by atoms with Crippen molar-refractivity contribution in [2.45, 2.75) is 11.3 Å². The van der Waals surface area contributed by atoms with Gasteiger partial charge in [-0.3, -0.25) is 9.52 Å². The van der Waals surface area contributed by atoms with Gasteiger partial charge in [-0.15, -0.1) is 10.2 Å². The Hall–Kier alpha value is -3.06. The Morgan fingerprint density at radius 1 is 1.00 bits per heavy atom. The molecule has 0 aliphatic carbocycles. The van der Waals surface area contributed by atoms with E-state index in [1.54, 1.807) is 0 Å². The van der Waals surface area contributed by atoms with Crippen LogP contribution in [0.5, 0.6) is 0 Å². The number of hydrogen-bond donors (Lipinski definition) is 2. The quantitative estimate of drug-likeness (QED) is 0.517. The second kappa shape index (κ2) is 8.09. The molecule has 2 rings (SSSR count). The first-order valence-corrected chi connectivity index (χ1v) is 9.42. The molecular weight excluding hydrogens is 400 g/mol. The lowest BCUT2D eigenvalue weighted by molar-refractivity contribution is -0.114. The lowest BCUT2D eigenvalue weighted by Crippen LogP contribution is -2.15. The highest BCUT2D eigenvalue weighted by Crippen LogP contribution is 2.24. The third-order valence-electron chi connectivity index (χ3n) is 2.95. The molecule has 0 saturated heterocycles. The standard InChI is InChI=1S/C14H14N4O7S2/c1-7(19)15-13-16-17-14(26-13)27(22,23)18-10-5-8(11(20)24-2)4-9(6-10)12(21)25-3/h4-6,18H,1-3H3,(H,15,16,19). The van der Waals surface area contributed by atoms with Crippen molar-refractivity contribution in [2.24, 2.45) is 0 Å². The number of nitrogens with zero attached hydrogens (tertiary/aromatic N) is 2. The Labute approximate surface area is 157 Å². The van der Waals surface area contributed by atoms with Gasteiger partial charge in [-0.2, -0.15) is 8.42 Å². The SMILES string of the molecule is COC(=O)c1cc(NS(=O)(=O)c2nnc(NC(C)=O)s2)cc(C(=O)OC)c1. The second-order valence-corrected chi connectivity index (χ2v) is 7.78. The molecule has 13 heteroatoms. The summed E-state index contributed by atoms with van der Waals surface area (Å²) in [5.41, 5.74) is -0.210. The summed E-state index contributed by atoms with van der Waals surface area (Å²) in [5, 5.41) is 9.37. The number of esters is 2. The van der Waals surface area contributed by atoms with E-state index in [2.05, 4.69) is 29.7 Å². The second-order valence-electron chi connectivity index (χ2n) is 4.94. The fourth-order valence-electron chi connectivity index (χ4n) is 1.88. The van der Waals surface area contributed by atoms with E-state index in [0.717, 1.165) is 14.2 Å². The third-order valence-corrected chi connectivity index (χ3v) is 5.53. The van der Waals surface area contributed by atoms with Crippen molar-refractivity contribution in [1.29, 1.82) is 0 Å². The van der Waals surface area contributed by atoms with Crippen molar-refractivity contribution in [3.63, 3.8) is 0 Å². The van der Waals surface area contributed by atoms with E-state index in [1.807, 2.05) is 0 Å². The van der Waals surface area contributed by atoms with Crippen molar-refractivity contribution in [2.75, 3.05) is 24.3 Å². The van der Waals surface area contributed by atoms with Crippen LogP contribution >= 0.6 is 11.3 Å².